The summed E-state index contributed by atoms with van der Waals surface area (Å²) >= 11 is 7.60. The molecule has 2 aromatic heterocycles. The Balaban J connectivity index is 0.00000256. The molecule has 1 N–H and O–H groups in total. The summed E-state index contributed by atoms with van der Waals surface area (Å²) in [5.74, 6) is 1.42. The van der Waals surface area contributed by atoms with Crippen molar-refractivity contribution in [1.29, 1.82) is 0 Å². The van der Waals surface area contributed by atoms with E-state index in [9.17, 15) is 4.79 Å². The van der Waals surface area contributed by atoms with E-state index in [1.165, 1.54) is 17.5 Å². The van der Waals surface area contributed by atoms with Crippen molar-refractivity contribution in [2.75, 3.05) is 19.5 Å². The number of carbonyl (C=O) groups is 1. The number of nitrogens with one attached hydrogen (secondary N) is 1. The van der Waals surface area contributed by atoms with E-state index < -0.39 is 0 Å². The molecule has 0 unspecified atom stereocenters. The molecular weight excluding hydrogens is 447 g/mol. The summed E-state index contributed by atoms with van der Waals surface area (Å²) < 4.78 is 10.6. The number of anilines is 2. The fourth-order valence-electron chi connectivity index (χ4n) is 2.78. The van der Waals surface area contributed by atoms with E-state index in [0.717, 1.165) is 5.39 Å². The lowest BCUT2D eigenvalue weighted by Crippen LogP contribution is -2.02. The first kappa shape index (κ1) is 21.8. The van der Waals surface area contributed by atoms with E-state index >= 15 is 0 Å². The molecule has 2 aromatic carbocycles. The quantitative estimate of drug-likeness (QED) is 0.396. The van der Waals surface area contributed by atoms with Gasteiger partial charge >= 0.3 is 0 Å². The van der Waals surface area contributed by atoms with Crippen LogP contribution >= 0.6 is 35.3 Å². The Kier molecular flexibility index (Phi) is 6.71. The number of methoxy groups -OCH3 is 2. The molecule has 0 radical (unpaired) electrons. The van der Waals surface area contributed by atoms with Gasteiger partial charge in [0.05, 0.1) is 35.1 Å². The lowest BCUT2D eigenvalue weighted by Gasteiger charge is -2.10. The summed E-state index contributed by atoms with van der Waals surface area (Å²) in [5.41, 5.74) is 3.38. The number of rotatable bonds is 6. The van der Waals surface area contributed by atoms with Crippen molar-refractivity contribution < 1.29 is 14.3 Å². The summed E-state index contributed by atoms with van der Waals surface area (Å²) in [4.78, 5) is 25.8. The third-order valence-corrected chi connectivity index (χ3v) is 5.30. The highest BCUT2D eigenvalue weighted by Crippen LogP contribution is 2.32. The molecule has 4 aromatic rings. The predicted molar refractivity (Wildman–Crippen MR) is 120 cm³/mol. The molecule has 7 nitrogen and oxygen atoms in total. The minimum Gasteiger partial charge on any atom is -0.493 e. The minimum atomic E-state index is -0.160. The largest absolute Gasteiger partial charge is 0.493 e. The third kappa shape index (κ3) is 4.30. The molecular formula is C20H16Cl2N4O3S. The zero-order valence-corrected chi connectivity index (χ0v) is 18.3. The average molecular weight is 463 g/mol. The van der Waals surface area contributed by atoms with Crippen LogP contribution in [0.25, 0.3) is 10.9 Å². The van der Waals surface area contributed by atoms with Gasteiger partial charge in [0, 0.05) is 35.1 Å². The highest BCUT2D eigenvalue weighted by molar-refractivity contribution is 7.12. The van der Waals surface area contributed by atoms with Crippen LogP contribution in [-0.4, -0.2) is 35.0 Å². The van der Waals surface area contributed by atoms with E-state index in [1.54, 1.807) is 50.2 Å². The fourth-order valence-corrected chi connectivity index (χ4v) is 3.63. The van der Waals surface area contributed by atoms with Gasteiger partial charge in [-0.25, -0.2) is 9.97 Å². The zero-order valence-electron chi connectivity index (χ0n) is 15.9. The van der Waals surface area contributed by atoms with Crippen molar-refractivity contribution in [1.82, 2.24) is 15.0 Å². The SMILES string of the molecule is COc1cc2cnc(Nc3ccc(C(=O)c4cncs4)c(Cl)c3)nc2cc1OC.Cl. The molecule has 4 rings (SSSR count). The number of thiazole rings is 1. The van der Waals surface area contributed by atoms with Crippen LogP contribution in [0.2, 0.25) is 5.02 Å². The maximum atomic E-state index is 12.5. The molecule has 0 spiro atoms. The minimum absolute atomic E-state index is 0. The smallest absolute Gasteiger partial charge is 0.227 e. The highest BCUT2D eigenvalue weighted by Gasteiger charge is 2.15. The summed E-state index contributed by atoms with van der Waals surface area (Å²) in [6, 6.07) is 8.68. The second-order valence-electron chi connectivity index (χ2n) is 5.97. The van der Waals surface area contributed by atoms with Gasteiger partial charge in [-0.1, -0.05) is 11.6 Å². The van der Waals surface area contributed by atoms with Gasteiger partial charge in [0.2, 0.25) is 11.7 Å². The Bertz CT molecular complexity index is 1200. The molecule has 0 saturated carbocycles. The molecule has 0 atom stereocenters. The third-order valence-electron chi connectivity index (χ3n) is 4.21. The van der Waals surface area contributed by atoms with Crippen LogP contribution in [0.5, 0.6) is 11.5 Å². The number of aromatic nitrogens is 3. The first-order chi connectivity index (χ1) is 14.1. The molecule has 0 bridgehead atoms. The van der Waals surface area contributed by atoms with E-state index in [4.69, 9.17) is 21.1 Å². The van der Waals surface area contributed by atoms with Crippen LogP contribution in [0.4, 0.5) is 11.6 Å². The van der Waals surface area contributed by atoms with Crippen LogP contribution in [0.1, 0.15) is 15.2 Å². The average Bonchev–Trinajstić information content (AvgIpc) is 3.27. The lowest BCUT2D eigenvalue weighted by molar-refractivity contribution is 0.104. The van der Waals surface area contributed by atoms with Crippen molar-refractivity contribution in [3.05, 3.63) is 63.7 Å². The molecule has 0 amide bonds. The van der Waals surface area contributed by atoms with Crippen LogP contribution < -0.4 is 14.8 Å². The van der Waals surface area contributed by atoms with Gasteiger partial charge in [0.25, 0.3) is 0 Å². The van der Waals surface area contributed by atoms with Gasteiger partial charge in [-0.05, 0) is 24.3 Å². The number of benzene rings is 2. The molecule has 0 saturated heterocycles. The summed E-state index contributed by atoms with van der Waals surface area (Å²) in [6.45, 7) is 0. The predicted octanol–water partition coefficient (Wildman–Crippen LogP) is 5.15. The topological polar surface area (TPSA) is 86.2 Å². The van der Waals surface area contributed by atoms with Crippen molar-refractivity contribution in [2.45, 2.75) is 0 Å². The number of ketones is 1. The maximum absolute atomic E-state index is 12.5. The Hall–Kier alpha value is -2.94. The number of ether oxygens (including phenoxy) is 2. The zero-order chi connectivity index (χ0) is 20.4. The van der Waals surface area contributed by atoms with E-state index in [1.807, 2.05) is 6.07 Å². The van der Waals surface area contributed by atoms with Gasteiger partial charge < -0.3 is 14.8 Å². The van der Waals surface area contributed by atoms with Crippen LogP contribution in [0.3, 0.4) is 0 Å². The number of nitrogens with zero attached hydrogens (tertiary/aromatic N) is 3. The van der Waals surface area contributed by atoms with Crippen molar-refractivity contribution in [3.63, 3.8) is 0 Å². The monoisotopic (exact) mass is 462 g/mol. The van der Waals surface area contributed by atoms with E-state index in [2.05, 4.69) is 20.3 Å². The molecule has 2 heterocycles. The molecule has 30 heavy (non-hydrogen) atoms. The molecule has 154 valence electrons. The van der Waals surface area contributed by atoms with E-state index in [0.29, 0.717) is 44.1 Å². The molecule has 0 fully saturated rings. The van der Waals surface area contributed by atoms with Crippen molar-refractivity contribution in [2.24, 2.45) is 0 Å². The van der Waals surface area contributed by atoms with Gasteiger partial charge in [-0.2, -0.15) is 0 Å². The summed E-state index contributed by atoms with van der Waals surface area (Å²) in [5, 5.41) is 4.25. The van der Waals surface area contributed by atoms with Gasteiger partial charge in [0.1, 0.15) is 0 Å². The number of carbonyl (C=O) groups excluding carboxylic acids is 1. The van der Waals surface area contributed by atoms with Gasteiger partial charge in [0.15, 0.2) is 11.5 Å². The summed E-state index contributed by atoms with van der Waals surface area (Å²) in [6.07, 6.45) is 3.22. The Morgan fingerprint density at radius 3 is 2.53 bits per heavy atom. The molecule has 10 heteroatoms. The van der Waals surface area contributed by atoms with Crippen LogP contribution in [0, 0.1) is 0 Å². The number of fused-ring (bicyclic) bond motifs is 1. The number of hydrogen-bond donors (Lipinski definition) is 1. The second-order valence-corrected chi connectivity index (χ2v) is 7.27. The molecule has 0 aliphatic rings. The molecule has 0 aliphatic carbocycles. The lowest BCUT2D eigenvalue weighted by atomic mass is 10.1. The Labute approximate surface area is 187 Å². The maximum Gasteiger partial charge on any atom is 0.227 e. The van der Waals surface area contributed by atoms with Gasteiger partial charge in [-0.15, -0.1) is 23.7 Å². The Morgan fingerprint density at radius 1 is 1.10 bits per heavy atom. The van der Waals surface area contributed by atoms with E-state index in [-0.39, 0.29) is 18.2 Å². The second kappa shape index (κ2) is 9.25. The molecule has 0 aliphatic heterocycles. The van der Waals surface area contributed by atoms with Crippen molar-refractivity contribution in [3.8, 4) is 11.5 Å². The Morgan fingerprint density at radius 2 is 1.87 bits per heavy atom. The first-order valence-electron chi connectivity index (χ1n) is 8.47. The standard InChI is InChI=1S/C20H15ClN4O3S.ClH/c1-27-16-5-11-8-23-20(25-15(11)7-17(16)28-2)24-12-3-4-13(14(21)6-12)19(26)18-9-22-10-29-18;/h3-10H,1-2H3,(H,23,24,25);1H. The fraction of sp³-hybridized carbons (Fsp3) is 0.100. The van der Waals surface area contributed by atoms with Gasteiger partial charge in [-0.3, -0.25) is 9.78 Å². The normalized spacial score (nSPS) is 10.4. The van der Waals surface area contributed by atoms with Crippen LogP contribution in [0.15, 0.2) is 48.2 Å². The number of hydrogen-bond acceptors (Lipinski definition) is 8. The van der Waals surface area contributed by atoms with Crippen LogP contribution in [-0.2, 0) is 0 Å². The summed E-state index contributed by atoms with van der Waals surface area (Å²) in [7, 11) is 3.15. The number of halogens is 2. The van der Waals surface area contributed by atoms with Crippen molar-refractivity contribution >= 4 is 63.7 Å². The highest BCUT2D eigenvalue weighted by atomic mass is 35.5. The first-order valence-corrected chi connectivity index (χ1v) is 9.73.